The first-order valence-electron chi connectivity index (χ1n) is 9.53. The normalized spacial score (nSPS) is 17.8. The van der Waals surface area contributed by atoms with Gasteiger partial charge in [-0.15, -0.1) is 0 Å². The third-order valence-corrected chi connectivity index (χ3v) is 5.16. The Morgan fingerprint density at radius 1 is 1.11 bits per heavy atom. The predicted octanol–water partition coefficient (Wildman–Crippen LogP) is 2.78. The molecule has 1 fully saturated rings. The van der Waals surface area contributed by atoms with Crippen molar-refractivity contribution in [3.8, 4) is 5.75 Å². The number of aliphatic hydroxyl groups excluding tert-OH is 2. The summed E-state index contributed by atoms with van der Waals surface area (Å²) < 4.78 is 5.50. The second-order valence-corrected chi connectivity index (χ2v) is 7.21. The zero-order valence-corrected chi connectivity index (χ0v) is 15.7. The summed E-state index contributed by atoms with van der Waals surface area (Å²) in [6.07, 6.45) is 0.601. The van der Waals surface area contributed by atoms with Crippen molar-refractivity contribution >= 4 is 5.69 Å². The molecule has 2 unspecified atom stereocenters. The Bertz CT molecular complexity index is 762. The van der Waals surface area contributed by atoms with Gasteiger partial charge in [0, 0.05) is 12.6 Å². The van der Waals surface area contributed by atoms with Gasteiger partial charge in [0.1, 0.15) is 18.5 Å². The van der Waals surface area contributed by atoms with Gasteiger partial charge in [-0.05, 0) is 43.5 Å². The molecule has 1 saturated heterocycles. The average molecular weight is 386 g/mol. The lowest BCUT2D eigenvalue weighted by Gasteiger charge is -2.35. The van der Waals surface area contributed by atoms with Gasteiger partial charge in [0.05, 0.1) is 17.1 Å². The summed E-state index contributed by atoms with van der Waals surface area (Å²) in [4.78, 5) is 12.5. The number of hydrogen-bond acceptors (Lipinski definition) is 6. The highest BCUT2D eigenvalue weighted by Crippen LogP contribution is 2.30. The number of aliphatic hydroxyl groups is 2. The smallest absolute Gasteiger partial charge is 0.273 e. The molecule has 1 heterocycles. The molecule has 2 aromatic rings. The molecule has 0 amide bonds. The number of hydrogen-bond donors (Lipinski definition) is 2. The maximum Gasteiger partial charge on any atom is 0.273 e. The van der Waals surface area contributed by atoms with E-state index >= 15 is 0 Å². The molecule has 150 valence electrons. The highest BCUT2D eigenvalue weighted by atomic mass is 16.6. The van der Waals surface area contributed by atoms with Gasteiger partial charge in [0.25, 0.3) is 5.69 Å². The van der Waals surface area contributed by atoms with E-state index in [4.69, 9.17) is 4.74 Å². The van der Waals surface area contributed by atoms with Gasteiger partial charge in [0.2, 0.25) is 0 Å². The van der Waals surface area contributed by atoms with Crippen molar-refractivity contribution in [2.24, 2.45) is 5.92 Å². The number of nitro benzene ring substituents is 1. The first kappa shape index (κ1) is 20.3. The summed E-state index contributed by atoms with van der Waals surface area (Å²) in [5, 5.41) is 31.6. The Balaban J connectivity index is 1.42. The van der Waals surface area contributed by atoms with Crippen molar-refractivity contribution < 1.29 is 19.9 Å². The highest BCUT2D eigenvalue weighted by Gasteiger charge is 2.27. The monoisotopic (exact) mass is 386 g/mol. The van der Waals surface area contributed by atoms with Crippen molar-refractivity contribution in [2.75, 3.05) is 26.2 Å². The topological polar surface area (TPSA) is 96.1 Å². The molecule has 0 aromatic heterocycles. The predicted molar refractivity (Wildman–Crippen MR) is 105 cm³/mol. The van der Waals surface area contributed by atoms with E-state index in [1.54, 1.807) is 12.1 Å². The number of nitrogens with zero attached hydrogens (tertiary/aromatic N) is 2. The van der Waals surface area contributed by atoms with E-state index in [0.29, 0.717) is 12.3 Å². The maximum atomic E-state index is 10.8. The van der Waals surface area contributed by atoms with E-state index in [0.717, 1.165) is 31.5 Å². The molecule has 1 aliphatic heterocycles. The van der Waals surface area contributed by atoms with Crippen LogP contribution in [0.15, 0.2) is 54.6 Å². The van der Waals surface area contributed by atoms with Crippen LogP contribution < -0.4 is 4.74 Å². The van der Waals surface area contributed by atoms with E-state index in [9.17, 15) is 20.3 Å². The molecule has 1 aliphatic rings. The first-order chi connectivity index (χ1) is 13.5. The molecule has 7 heteroatoms. The molecular formula is C21H26N2O5. The van der Waals surface area contributed by atoms with E-state index in [2.05, 4.69) is 4.90 Å². The second kappa shape index (κ2) is 9.64. The van der Waals surface area contributed by atoms with Crippen LogP contribution in [0, 0.1) is 16.0 Å². The average Bonchev–Trinajstić information content (AvgIpc) is 2.73. The van der Waals surface area contributed by atoms with Gasteiger partial charge in [-0.25, -0.2) is 0 Å². The molecule has 7 nitrogen and oxygen atoms in total. The number of β-amino-alcohol motifs (C(OH)–C–C–N with tert-alkyl or cyclic N) is 1. The fourth-order valence-electron chi connectivity index (χ4n) is 3.60. The van der Waals surface area contributed by atoms with Crippen LogP contribution in [0.5, 0.6) is 5.75 Å². The van der Waals surface area contributed by atoms with Crippen LogP contribution in [0.4, 0.5) is 5.69 Å². The molecule has 0 saturated carbocycles. The summed E-state index contributed by atoms with van der Waals surface area (Å²) in [7, 11) is 0. The fourth-order valence-corrected chi connectivity index (χ4v) is 3.60. The molecule has 0 spiro atoms. The zero-order valence-electron chi connectivity index (χ0n) is 15.7. The number of ether oxygens (including phenoxy) is 1. The molecule has 2 atom stereocenters. The van der Waals surface area contributed by atoms with E-state index in [1.165, 1.54) is 12.1 Å². The summed E-state index contributed by atoms with van der Waals surface area (Å²) in [6, 6.07) is 15.7. The number of piperidine rings is 1. The summed E-state index contributed by atoms with van der Waals surface area (Å²) in [6.45, 7) is 2.17. The third kappa shape index (κ3) is 5.51. The Morgan fingerprint density at radius 2 is 1.82 bits per heavy atom. The summed E-state index contributed by atoms with van der Waals surface area (Å²) in [5.74, 6) is 0.592. The fraction of sp³-hybridized carbons (Fsp3) is 0.429. The van der Waals surface area contributed by atoms with E-state index in [1.807, 2.05) is 30.3 Å². The van der Waals surface area contributed by atoms with Gasteiger partial charge in [-0.1, -0.05) is 36.4 Å². The lowest BCUT2D eigenvalue weighted by atomic mass is 9.87. The van der Waals surface area contributed by atoms with Gasteiger partial charge < -0.3 is 19.8 Å². The molecule has 0 aliphatic carbocycles. The van der Waals surface area contributed by atoms with Crippen LogP contribution in [0.25, 0.3) is 0 Å². The SMILES string of the molecule is O=[N+]([O-])c1cccc(OCC(O)CN2CCC(C(O)c3ccccc3)CC2)c1. The number of non-ortho nitro benzene ring substituents is 1. The Morgan fingerprint density at radius 3 is 2.50 bits per heavy atom. The van der Waals surface area contributed by atoms with Gasteiger partial charge in [-0.3, -0.25) is 10.1 Å². The number of nitro groups is 1. The number of benzene rings is 2. The van der Waals surface area contributed by atoms with E-state index < -0.39 is 17.1 Å². The molecule has 2 aromatic carbocycles. The second-order valence-electron chi connectivity index (χ2n) is 7.21. The minimum atomic E-state index is -0.685. The highest BCUT2D eigenvalue weighted by molar-refractivity contribution is 5.37. The minimum absolute atomic E-state index is 0.0361. The van der Waals surface area contributed by atoms with Crippen molar-refractivity contribution in [1.29, 1.82) is 0 Å². The number of likely N-dealkylation sites (tertiary alicyclic amines) is 1. The van der Waals surface area contributed by atoms with Crippen LogP contribution in [0.3, 0.4) is 0 Å². The molecule has 0 radical (unpaired) electrons. The van der Waals surface area contributed by atoms with Gasteiger partial charge >= 0.3 is 0 Å². The Hall–Kier alpha value is -2.48. The van der Waals surface area contributed by atoms with Crippen LogP contribution in [0.2, 0.25) is 0 Å². The van der Waals surface area contributed by atoms with Crippen molar-refractivity contribution in [3.05, 3.63) is 70.3 Å². The standard InChI is InChI=1S/C21H26N2O5/c24-19(15-28-20-8-4-7-18(13-20)23(26)27)14-22-11-9-17(10-12-22)21(25)16-5-2-1-3-6-16/h1-8,13,17,19,21,24-25H,9-12,14-15H2. The van der Waals surface area contributed by atoms with Crippen LogP contribution >= 0.6 is 0 Å². The quantitative estimate of drug-likeness (QED) is 0.535. The zero-order chi connectivity index (χ0) is 19.9. The number of rotatable bonds is 8. The minimum Gasteiger partial charge on any atom is -0.491 e. The summed E-state index contributed by atoms with van der Waals surface area (Å²) in [5.41, 5.74) is 0.914. The van der Waals surface area contributed by atoms with Crippen LogP contribution in [0.1, 0.15) is 24.5 Å². The van der Waals surface area contributed by atoms with E-state index in [-0.39, 0.29) is 18.2 Å². The Labute approximate surface area is 164 Å². The van der Waals surface area contributed by atoms with Crippen LogP contribution in [-0.2, 0) is 0 Å². The molecule has 0 bridgehead atoms. The van der Waals surface area contributed by atoms with Crippen molar-refractivity contribution in [2.45, 2.75) is 25.0 Å². The maximum absolute atomic E-state index is 10.8. The van der Waals surface area contributed by atoms with Crippen molar-refractivity contribution in [3.63, 3.8) is 0 Å². The molecule has 3 rings (SSSR count). The Kier molecular flexibility index (Phi) is 6.97. The molecule has 2 N–H and O–H groups in total. The molecule has 28 heavy (non-hydrogen) atoms. The van der Waals surface area contributed by atoms with Crippen LogP contribution in [-0.4, -0.2) is 52.4 Å². The summed E-state index contributed by atoms with van der Waals surface area (Å²) >= 11 is 0. The van der Waals surface area contributed by atoms with Gasteiger partial charge in [0.15, 0.2) is 0 Å². The molecular weight excluding hydrogens is 360 g/mol. The first-order valence-corrected chi connectivity index (χ1v) is 9.53. The largest absolute Gasteiger partial charge is 0.491 e. The third-order valence-electron chi connectivity index (χ3n) is 5.16. The lowest BCUT2D eigenvalue weighted by molar-refractivity contribution is -0.384. The van der Waals surface area contributed by atoms with Crippen molar-refractivity contribution in [1.82, 2.24) is 4.90 Å². The van der Waals surface area contributed by atoms with Gasteiger partial charge in [-0.2, -0.15) is 0 Å². The lowest BCUT2D eigenvalue weighted by Crippen LogP contribution is -2.41.